The molecule has 1 aromatic carbocycles. The van der Waals surface area contributed by atoms with Crippen LogP contribution in [-0.4, -0.2) is 43.5 Å². The predicted molar refractivity (Wildman–Crippen MR) is 98.4 cm³/mol. The smallest absolute Gasteiger partial charge is 0.378 e. The highest BCUT2D eigenvalue weighted by Gasteiger charge is 2.32. The Morgan fingerprint density at radius 1 is 1.26 bits per heavy atom. The fraction of sp³-hybridized carbons (Fsp3) is 0.333. The Hall–Kier alpha value is -2.26. The van der Waals surface area contributed by atoms with Gasteiger partial charge in [-0.15, -0.1) is 11.8 Å². The number of halogens is 3. The van der Waals surface area contributed by atoms with E-state index in [9.17, 15) is 18.0 Å². The van der Waals surface area contributed by atoms with Crippen LogP contribution in [0, 0.1) is 0 Å². The third kappa shape index (κ3) is 4.54. The molecule has 27 heavy (non-hydrogen) atoms. The molecule has 144 valence electrons. The van der Waals surface area contributed by atoms with E-state index in [1.54, 1.807) is 24.6 Å². The number of rotatable bonds is 4. The van der Waals surface area contributed by atoms with Crippen molar-refractivity contribution in [3.05, 3.63) is 47.7 Å². The van der Waals surface area contributed by atoms with Gasteiger partial charge in [-0.2, -0.15) is 13.2 Å². The Bertz CT molecular complexity index is 824. The molecule has 5 nitrogen and oxygen atoms in total. The molecule has 2 aromatic rings. The first kappa shape index (κ1) is 19.5. The number of carbonyl (C=O) groups is 1. The quantitative estimate of drug-likeness (QED) is 0.793. The fourth-order valence-corrected chi connectivity index (χ4v) is 3.36. The number of thioether (sulfide) groups is 1. The van der Waals surface area contributed by atoms with Crippen LogP contribution < -0.4 is 10.2 Å². The standard InChI is InChI=1S/C18H18F3N3O2S/c1-27-17-13(3-2-6-22-17)16(25)23-14-11-12(18(19,20)21)4-5-15(14)24-7-9-26-10-8-24/h2-6,11H,7-10H2,1H3,(H,23,25). The molecule has 1 amide bonds. The Morgan fingerprint density at radius 3 is 2.67 bits per heavy atom. The molecule has 1 aliphatic rings. The second-order valence-electron chi connectivity index (χ2n) is 5.84. The molecular weight excluding hydrogens is 379 g/mol. The minimum atomic E-state index is -4.50. The molecule has 0 unspecified atom stereocenters. The van der Waals surface area contributed by atoms with Crippen LogP contribution in [0.25, 0.3) is 0 Å². The monoisotopic (exact) mass is 397 g/mol. The SMILES string of the molecule is CSc1ncccc1C(=O)Nc1cc(C(F)(F)F)ccc1N1CCOCC1. The number of nitrogens with one attached hydrogen (secondary N) is 1. The number of benzene rings is 1. The van der Waals surface area contributed by atoms with Gasteiger partial charge in [-0.3, -0.25) is 4.79 Å². The van der Waals surface area contributed by atoms with Crippen molar-refractivity contribution in [2.75, 3.05) is 42.8 Å². The summed E-state index contributed by atoms with van der Waals surface area (Å²) in [5, 5.41) is 3.15. The maximum Gasteiger partial charge on any atom is 0.416 e. The van der Waals surface area contributed by atoms with E-state index >= 15 is 0 Å². The normalized spacial score (nSPS) is 14.9. The Kier molecular flexibility index (Phi) is 5.91. The van der Waals surface area contributed by atoms with Gasteiger partial charge in [-0.1, -0.05) is 0 Å². The van der Waals surface area contributed by atoms with Gasteiger partial charge in [-0.25, -0.2) is 4.98 Å². The van der Waals surface area contributed by atoms with E-state index in [1.807, 2.05) is 4.90 Å². The molecule has 0 aliphatic carbocycles. The van der Waals surface area contributed by atoms with Gasteiger partial charge < -0.3 is 15.0 Å². The van der Waals surface area contributed by atoms with Gasteiger partial charge in [0, 0.05) is 19.3 Å². The summed E-state index contributed by atoms with van der Waals surface area (Å²) in [6.07, 6.45) is -1.16. The number of amides is 1. The summed E-state index contributed by atoms with van der Waals surface area (Å²) in [6.45, 7) is 2.04. The lowest BCUT2D eigenvalue weighted by atomic mass is 10.1. The van der Waals surface area contributed by atoms with Crippen LogP contribution in [0.3, 0.4) is 0 Å². The molecule has 1 saturated heterocycles. The first-order valence-corrected chi connectivity index (χ1v) is 9.47. The molecule has 0 radical (unpaired) electrons. The van der Waals surface area contributed by atoms with E-state index in [0.29, 0.717) is 42.6 Å². The number of hydrogen-bond donors (Lipinski definition) is 1. The second kappa shape index (κ2) is 8.18. The molecule has 0 atom stereocenters. The van der Waals surface area contributed by atoms with Gasteiger partial charge >= 0.3 is 6.18 Å². The summed E-state index contributed by atoms with van der Waals surface area (Å²) < 4.78 is 44.8. The molecule has 1 N–H and O–H groups in total. The van der Waals surface area contributed by atoms with Gasteiger partial charge in [-0.05, 0) is 36.6 Å². The van der Waals surface area contributed by atoms with Crippen LogP contribution >= 0.6 is 11.8 Å². The first-order valence-electron chi connectivity index (χ1n) is 8.24. The number of nitrogens with zero attached hydrogens (tertiary/aromatic N) is 2. The van der Waals surface area contributed by atoms with Crippen LogP contribution in [0.4, 0.5) is 24.5 Å². The van der Waals surface area contributed by atoms with Crippen LogP contribution in [0.5, 0.6) is 0 Å². The van der Waals surface area contributed by atoms with Crippen molar-refractivity contribution in [2.45, 2.75) is 11.2 Å². The number of ether oxygens (including phenoxy) is 1. The molecule has 1 aromatic heterocycles. The van der Waals surface area contributed by atoms with Crippen molar-refractivity contribution in [1.29, 1.82) is 0 Å². The average molecular weight is 397 g/mol. The predicted octanol–water partition coefficient (Wildman–Crippen LogP) is 3.91. The van der Waals surface area contributed by atoms with E-state index in [2.05, 4.69) is 10.3 Å². The first-order chi connectivity index (χ1) is 12.9. The Balaban J connectivity index is 1.96. The third-order valence-electron chi connectivity index (χ3n) is 4.13. The highest BCUT2D eigenvalue weighted by Crippen LogP contribution is 2.36. The van der Waals surface area contributed by atoms with Gasteiger partial charge in [0.05, 0.1) is 35.7 Å². The third-order valence-corrected chi connectivity index (χ3v) is 4.85. The van der Waals surface area contributed by atoms with Crippen molar-refractivity contribution in [2.24, 2.45) is 0 Å². The molecule has 0 spiro atoms. The number of alkyl halides is 3. The van der Waals surface area contributed by atoms with Gasteiger partial charge in [0.2, 0.25) is 0 Å². The summed E-state index contributed by atoms with van der Waals surface area (Å²) in [7, 11) is 0. The second-order valence-corrected chi connectivity index (χ2v) is 6.64. The molecular formula is C18H18F3N3O2S. The maximum absolute atomic E-state index is 13.2. The summed E-state index contributed by atoms with van der Waals surface area (Å²) in [6, 6.07) is 6.60. The molecule has 0 bridgehead atoms. The van der Waals surface area contributed by atoms with Crippen molar-refractivity contribution in [3.63, 3.8) is 0 Å². The van der Waals surface area contributed by atoms with Crippen LogP contribution in [0.15, 0.2) is 41.6 Å². The highest BCUT2D eigenvalue weighted by molar-refractivity contribution is 7.98. The fourth-order valence-electron chi connectivity index (χ4n) is 2.81. The van der Waals surface area contributed by atoms with Gasteiger partial charge in [0.25, 0.3) is 5.91 Å². The maximum atomic E-state index is 13.2. The minimum absolute atomic E-state index is 0.118. The Labute approximate surface area is 158 Å². The van der Waals surface area contributed by atoms with Crippen LogP contribution in [0.2, 0.25) is 0 Å². The number of morpholine rings is 1. The number of carbonyl (C=O) groups excluding carboxylic acids is 1. The summed E-state index contributed by atoms with van der Waals surface area (Å²) in [5.74, 6) is -0.499. The van der Waals surface area contributed by atoms with Crippen molar-refractivity contribution < 1.29 is 22.7 Å². The lowest BCUT2D eigenvalue weighted by Crippen LogP contribution is -2.36. The number of aromatic nitrogens is 1. The van der Waals surface area contributed by atoms with E-state index in [-0.39, 0.29) is 5.69 Å². The largest absolute Gasteiger partial charge is 0.416 e. The Morgan fingerprint density at radius 2 is 2.00 bits per heavy atom. The number of hydrogen-bond acceptors (Lipinski definition) is 5. The van der Waals surface area contributed by atoms with E-state index in [4.69, 9.17) is 4.74 Å². The topological polar surface area (TPSA) is 54.5 Å². The zero-order valence-electron chi connectivity index (χ0n) is 14.5. The summed E-state index contributed by atoms with van der Waals surface area (Å²) in [4.78, 5) is 18.7. The van der Waals surface area contributed by atoms with E-state index < -0.39 is 17.6 Å². The summed E-state index contributed by atoms with van der Waals surface area (Å²) >= 11 is 1.30. The van der Waals surface area contributed by atoms with Crippen LogP contribution in [-0.2, 0) is 10.9 Å². The van der Waals surface area contributed by atoms with Crippen molar-refractivity contribution in [1.82, 2.24) is 4.98 Å². The van der Waals surface area contributed by atoms with Gasteiger partial charge in [0.1, 0.15) is 5.03 Å². The molecule has 3 rings (SSSR count). The highest BCUT2D eigenvalue weighted by atomic mass is 32.2. The van der Waals surface area contributed by atoms with E-state index in [1.165, 1.54) is 17.8 Å². The molecule has 2 heterocycles. The average Bonchev–Trinajstić information content (AvgIpc) is 2.67. The molecule has 1 fully saturated rings. The summed E-state index contributed by atoms with van der Waals surface area (Å²) in [5.41, 5.74) is 0.156. The lowest BCUT2D eigenvalue weighted by Gasteiger charge is -2.31. The lowest BCUT2D eigenvalue weighted by molar-refractivity contribution is -0.137. The van der Waals surface area contributed by atoms with Crippen molar-refractivity contribution >= 4 is 29.0 Å². The molecule has 1 aliphatic heterocycles. The zero-order valence-corrected chi connectivity index (χ0v) is 15.4. The van der Waals surface area contributed by atoms with E-state index in [0.717, 1.165) is 12.1 Å². The number of pyridine rings is 1. The molecule has 9 heteroatoms. The van der Waals surface area contributed by atoms with Crippen molar-refractivity contribution in [3.8, 4) is 0 Å². The minimum Gasteiger partial charge on any atom is -0.378 e. The van der Waals surface area contributed by atoms with Gasteiger partial charge in [0.15, 0.2) is 0 Å². The molecule has 0 saturated carbocycles. The number of anilines is 2. The van der Waals surface area contributed by atoms with Crippen LogP contribution in [0.1, 0.15) is 15.9 Å². The zero-order chi connectivity index (χ0) is 19.4.